The summed E-state index contributed by atoms with van der Waals surface area (Å²) >= 11 is 3.73. The van der Waals surface area contributed by atoms with Gasteiger partial charge in [0.2, 0.25) is 0 Å². The van der Waals surface area contributed by atoms with Gasteiger partial charge in [0.25, 0.3) is 0 Å². The molecule has 10 rings (SSSR count). The Hall–Kier alpha value is -5.81. The molecule has 0 radical (unpaired) electrons. The summed E-state index contributed by atoms with van der Waals surface area (Å²) in [6.07, 6.45) is 4.49. The van der Waals surface area contributed by atoms with Gasteiger partial charge >= 0.3 is 0 Å². The van der Waals surface area contributed by atoms with Crippen molar-refractivity contribution in [2.24, 2.45) is 0 Å². The van der Waals surface area contributed by atoms with Crippen LogP contribution in [-0.2, 0) is 5.41 Å². The normalized spacial score (nSPS) is 14.4. The average Bonchev–Trinajstić information content (AvgIpc) is 3.72. The molecule has 1 aliphatic carbocycles. The summed E-state index contributed by atoms with van der Waals surface area (Å²) in [5.41, 5.74) is 12.0. The first kappa shape index (κ1) is 31.0. The Bertz CT molecular complexity index is 2690. The quantitative estimate of drug-likeness (QED) is 0.179. The molecule has 0 unspecified atom stereocenters. The maximum absolute atomic E-state index is 5.23. The lowest BCUT2D eigenvalue weighted by atomic mass is 9.66. The standard InChI is InChI=1S/C48H32N2S2/c1-3-35-34(28-30(2)39-29-40(31-16-6-4-7-17-31)50-47(49-39)32-18-8-5-9-19-32)45-38(26-27-44-46(45)33-20-10-13-23-41(33)51-44)48(35)36-21-11-14-24-42(36)52-43-25-15-12-22-37(43)48/h3-29H,1H2,2H3/b30-28+. The molecular formula is C48H32N2S2. The largest absolute Gasteiger partial charge is 0.228 e. The molecule has 6 aromatic carbocycles. The fraction of sp³-hybridized carbons (Fsp3) is 0.0417. The van der Waals surface area contributed by atoms with Gasteiger partial charge in [-0.25, -0.2) is 9.97 Å². The van der Waals surface area contributed by atoms with Crippen molar-refractivity contribution in [3.05, 3.63) is 204 Å². The molecule has 1 spiro atoms. The summed E-state index contributed by atoms with van der Waals surface area (Å²) in [7, 11) is 0. The zero-order valence-corrected chi connectivity index (χ0v) is 30.1. The highest BCUT2D eigenvalue weighted by Crippen LogP contribution is 2.63. The Morgan fingerprint density at radius 2 is 1.27 bits per heavy atom. The van der Waals surface area contributed by atoms with Crippen molar-refractivity contribution in [2.45, 2.75) is 22.1 Å². The zero-order valence-electron chi connectivity index (χ0n) is 28.5. The lowest BCUT2D eigenvalue weighted by Gasteiger charge is -2.40. The van der Waals surface area contributed by atoms with Gasteiger partial charge in [-0.2, -0.15) is 0 Å². The van der Waals surface area contributed by atoms with E-state index in [9.17, 15) is 0 Å². The number of allylic oxidation sites excluding steroid dienone is 5. The monoisotopic (exact) mass is 700 g/mol. The van der Waals surface area contributed by atoms with Crippen LogP contribution in [0.15, 0.2) is 186 Å². The number of fused-ring (bicyclic) bond motifs is 10. The maximum atomic E-state index is 5.23. The molecule has 2 aliphatic rings. The molecule has 0 amide bonds. The molecule has 2 nitrogen and oxygen atoms in total. The molecule has 4 heteroatoms. The molecule has 0 N–H and O–H groups in total. The first-order chi connectivity index (χ1) is 25.6. The molecule has 0 bridgehead atoms. The highest BCUT2D eigenvalue weighted by molar-refractivity contribution is 7.99. The Balaban J connectivity index is 1.31. The first-order valence-corrected chi connectivity index (χ1v) is 19.2. The SMILES string of the molecule is C=CC1=C(/C=C(\C)c2cc(-c3ccccc3)nc(-c3ccccc3)n2)c2c(ccc3sc4ccccc4c23)C12c1ccccc1Sc1ccccc12. The topological polar surface area (TPSA) is 25.8 Å². The van der Waals surface area contributed by atoms with Crippen molar-refractivity contribution < 1.29 is 0 Å². The summed E-state index contributed by atoms with van der Waals surface area (Å²) in [6, 6.07) is 54.2. The fourth-order valence-electron chi connectivity index (χ4n) is 8.29. The summed E-state index contributed by atoms with van der Waals surface area (Å²) in [4.78, 5) is 12.9. The highest BCUT2D eigenvalue weighted by atomic mass is 32.2. The van der Waals surface area contributed by atoms with Crippen LogP contribution in [0.4, 0.5) is 0 Å². The Morgan fingerprint density at radius 1 is 0.635 bits per heavy atom. The van der Waals surface area contributed by atoms with Crippen LogP contribution in [0.5, 0.6) is 0 Å². The Labute approximate surface area is 311 Å². The second-order valence-electron chi connectivity index (χ2n) is 13.4. The minimum absolute atomic E-state index is 0.533. The van der Waals surface area contributed by atoms with E-state index in [1.807, 2.05) is 47.4 Å². The second-order valence-corrected chi connectivity index (χ2v) is 15.5. The first-order valence-electron chi connectivity index (χ1n) is 17.5. The zero-order chi connectivity index (χ0) is 34.8. The lowest BCUT2D eigenvalue weighted by molar-refractivity contribution is 0.717. The van der Waals surface area contributed by atoms with E-state index in [0.717, 1.165) is 28.1 Å². The van der Waals surface area contributed by atoms with Crippen LogP contribution in [0.25, 0.3) is 54.0 Å². The molecule has 3 heterocycles. The molecule has 0 saturated carbocycles. The van der Waals surface area contributed by atoms with Gasteiger partial charge in [0, 0.05) is 41.1 Å². The molecule has 0 fully saturated rings. The van der Waals surface area contributed by atoms with Gasteiger partial charge in [-0.1, -0.05) is 146 Å². The number of nitrogens with zero attached hydrogens (tertiary/aromatic N) is 2. The summed E-state index contributed by atoms with van der Waals surface area (Å²) in [5.74, 6) is 0.712. The van der Waals surface area contributed by atoms with Crippen LogP contribution >= 0.6 is 23.1 Å². The third-order valence-corrected chi connectivity index (χ3v) is 12.8. The van der Waals surface area contributed by atoms with Crippen molar-refractivity contribution in [3.8, 4) is 22.6 Å². The third-order valence-electron chi connectivity index (χ3n) is 10.5. The molecule has 0 saturated heterocycles. The smallest absolute Gasteiger partial charge is 0.160 e. The van der Waals surface area contributed by atoms with E-state index in [2.05, 4.69) is 153 Å². The maximum Gasteiger partial charge on any atom is 0.160 e. The molecular weight excluding hydrogens is 669 g/mol. The van der Waals surface area contributed by atoms with E-state index in [1.165, 1.54) is 63.4 Å². The predicted octanol–water partition coefficient (Wildman–Crippen LogP) is 13.0. The number of aromatic nitrogens is 2. The molecule has 52 heavy (non-hydrogen) atoms. The lowest BCUT2D eigenvalue weighted by Crippen LogP contribution is -2.32. The van der Waals surface area contributed by atoms with Gasteiger partial charge in [0.15, 0.2) is 5.82 Å². The number of hydrogen-bond donors (Lipinski definition) is 0. The number of thiophene rings is 1. The number of benzene rings is 6. The van der Waals surface area contributed by atoms with Crippen LogP contribution in [0.2, 0.25) is 0 Å². The summed E-state index contributed by atoms with van der Waals surface area (Å²) < 4.78 is 2.58. The second kappa shape index (κ2) is 12.2. The molecule has 1 aliphatic heterocycles. The van der Waals surface area contributed by atoms with Crippen LogP contribution in [0.3, 0.4) is 0 Å². The molecule has 8 aromatic rings. The van der Waals surface area contributed by atoms with Gasteiger partial charge in [0.1, 0.15) is 0 Å². The van der Waals surface area contributed by atoms with Gasteiger partial charge < -0.3 is 0 Å². The minimum Gasteiger partial charge on any atom is -0.228 e. The Morgan fingerprint density at radius 3 is 1.98 bits per heavy atom. The van der Waals surface area contributed by atoms with Crippen molar-refractivity contribution in [1.82, 2.24) is 9.97 Å². The number of rotatable bonds is 5. The van der Waals surface area contributed by atoms with Gasteiger partial charge in [-0.15, -0.1) is 11.3 Å². The number of hydrogen-bond acceptors (Lipinski definition) is 4. The van der Waals surface area contributed by atoms with Crippen LogP contribution in [-0.4, -0.2) is 9.97 Å². The van der Waals surface area contributed by atoms with Gasteiger partial charge in [-0.3, -0.25) is 0 Å². The summed E-state index contributed by atoms with van der Waals surface area (Å²) in [6.45, 7) is 6.76. The van der Waals surface area contributed by atoms with Crippen molar-refractivity contribution >= 4 is 54.4 Å². The highest BCUT2D eigenvalue weighted by Gasteiger charge is 2.51. The van der Waals surface area contributed by atoms with Crippen molar-refractivity contribution in [3.63, 3.8) is 0 Å². The molecule has 246 valence electrons. The molecule has 2 aromatic heterocycles. The third kappa shape index (κ3) is 4.58. The van der Waals surface area contributed by atoms with E-state index < -0.39 is 5.41 Å². The van der Waals surface area contributed by atoms with Crippen molar-refractivity contribution in [2.75, 3.05) is 0 Å². The average molecular weight is 701 g/mol. The minimum atomic E-state index is -0.533. The van der Waals surface area contributed by atoms with Crippen LogP contribution in [0, 0.1) is 0 Å². The summed E-state index contributed by atoms with van der Waals surface area (Å²) in [5, 5.41) is 2.59. The van der Waals surface area contributed by atoms with E-state index in [0.29, 0.717) is 5.82 Å². The molecule has 0 atom stereocenters. The van der Waals surface area contributed by atoms with E-state index in [1.54, 1.807) is 0 Å². The van der Waals surface area contributed by atoms with E-state index in [-0.39, 0.29) is 0 Å². The van der Waals surface area contributed by atoms with E-state index in [4.69, 9.17) is 9.97 Å². The van der Waals surface area contributed by atoms with Gasteiger partial charge in [-0.05, 0) is 82.3 Å². The van der Waals surface area contributed by atoms with Crippen LogP contribution < -0.4 is 0 Å². The van der Waals surface area contributed by atoms with E-state index >= 15 is 0 Å². The van der Waals surface area contributed by atoms with Crippen molar-refractivity contribution in [1.29, 1.82) is 0 Å². The Kier molecular flexibility index (Phi) is 7.24. The predicted molar refractivity (Wildman–Crippen MR) is 220 cm³/mol. The van der Waals surface area contributed by atoms with Crippen LogP contribution in [0.1, 0.15) is 34.9 Å². The fourth-order valence-corrected chi connectivity index (χ4v) is 10.6. The van der Waals surface area contributed by atoms with Gasteiger partial charge in [0.05, 0.1) is 16.8 Å².